The monoisotopic (exact) mass is 273 g/mol. The van der Waals surface area contributed by atoms with Gasteiger partial charge in [-0.2, -0.15) is 5.10 Å². The maximum atomic E-state index is 11.9. The number of benzene rings is 1. The zero-order chi connectivity index (χ0) is 14.5. The lowest BCUT2D eigenvalue weighted by Crippen LogP contribution is -2.39. The second-order valence-electron chi connectivity index (χ2n) is 4.23. The highest BCUT2D eigenvalue weighted by Crippen LogP contribution is 2.07. The molecule has 2 aromatic rings. The molecule has 0 radical (unpaired) electrons. The van der Waals surface area contributed by atoms with Gasteiger partial charge in [0, 0.05) is 6.20 Å². The highest BCUT2D eigenvalue weighted by Gasteiger charge is 2.17. The number of methoxy groups -OCH3 is 1. The summed E-state index contributed by atoms with van der Waals surface area (Å²) in [5.74, 6) is -0.862. The molecule has 0 bridgehead atoms. The molecule has 0 aliphatic rings. The molecule has 0 saturated heterocycles. The molecular weight excluding hydrogens is 258 g/mol. The number of hydrogen-bond acceptors (Lipinski definition) is 4. The van der Waals surface area contributed by atoms with Crippen LogP contribution < -0.4 is 5.32 Å². The van der Waals surface area contributed by atoms with E-state index < -0.39 is 12.0 Å². The first-order valence-electron chi connectivity index (χ1n) is 6.10. The largest absolute Gasteiger partial charge is 0.467 e. The second kappa shape index (κ2) is 6.01. The number of para-hydroxylation sites is 1. The van der Waals surface area contributed by atoms with Gasteiger partial charge in [-0.1, -0.05) is 18.2 Å². The van der Waals surface area contributed by atoms with Crippen LogP contribution in [0.2, 0.25) is 0 Å². The Morgan fingerprint density at radius 1 is 1.30 bits per heavy atom. The molecule has 0 saturated carbocycles. The Morgan fingerprint density at radius 2 is 2.00 bits per heavy atom. The summed E-state index contributed by atoms with van der Waals surface area (Å²) in [6, 6.07) is 8.73. The Morgan fingerprint density at radius 3 is 2.65 bits per heavy atom. The van der Waals surface area contributed by atoms with Crippen LogP contribution in [-0.4, -0.2) is 34.8 Å². The minimum Gasteiger partial charge on any atom is -0.467 e. The summed E-state index contributed by atoms with van der Waals surface area (Å²) < 4.78 is 6.14. The average Bonchev–Trinajstić information content (AvgIpc) is 2.97. The number of ether oxygens (including phenoxy) is 1. The van der Waals surface area contributed by atoms with E-state index in [4.69, 9.17) is 0 Å². The maximum absolute atomic E-state index is 11.9. The molecule has 1 aromatic carbocycles. The maximum Gasteiger partial charge on any atom is 0.328 e. The van der Waals surface area contributed by atoms with Crippen LogP contribution in [0.15, 0.2) is 42.7 Å². The molecule has 1 amide bonds. The van der Waals surface area contributed by atoms with E-state index in [1.165, 1.54) is 13.3 Å². The number of carbonyl (C=O) groups excluding carboxylic acids is 2. The average molecular weight is 273 g/mol. The quantitative estimate of drug-likeness (QED) is 0.848. The fourth-order valence-electron chi connectivity index (χ4n) is 1.68. The summed E-state index contributed by atoms with van der Waals surface area (Å²) in [6.45, 7) is 1.56. The topological polar surface area (TPSA) is 73.2 Å². The van der Waals surface area contributed by atoms with Crippen LogP contribution in [-0.2, 0) is 9.53 Å². The second-order valence-corrected chi connectivity index (χ2v) is 4.23. The Balaban J connectivity index is 2.09. The van der Waals surface area contributed by atoms with Gasteiger partial charge in [0.1, 0.15) is 6.04 Å². The molecule has 1 unspecified atom stereocenters. The van der Waals surface area contributed by atoms with Crippen LogP contribution in [0.4, 0.5) is 0 Å². The third-order valence-electron chi connectivity index (χ3n) is 2.77. The molecule has 0 aliphatic heterocycles. The van der Waals surface area contributed by atoms with Crippen LogP contribution in [0.3, 0.4) is 0 Å². The summed E-state index contributed by atoms with van der Waals surface area (Å²) in [4.78, 5) is 23.2. The molecule has 20 heavy (non-hydrogen) atoms. The fourth-order valence-corrected chi connectivity index (χ4v) is 1.68. The SMILES string of the molecule is COC(=O)C(C)NC(=O)c1cnn(-c2ccccc2)c1. The molecule has 0 aliphatic carbocycles. The highest BCUT2D eigenvalue weighted by atomic mass is 16.5. The fraction of sp³-hybridized carbons (Fsp3) is 0.214. The molecule has 1 atom stereocenters. The first-order valence-corrected chi connectivity index (χ1v) is 6.10. The van der Waals surface area contributed by atoms with E-state index in [9.17, 15) is 9.59 Å². The van der Waals surface area contributed by atoms with Crippen LogP contribution >= 0.6 is 0 Å². The van der Waals surface area contributed by atoms with Crippen molar-refractivity contribution in [3.05, 3.63) is 48.3 Å². The van der Waals surface area contributed by atoms with Gasteiger partial charge in [0.15, 0.2) is 0 Å². The zero-order valence-corrected chi connectivity index (χ0v) is 11.2. The molecule has 1 N–H and O–H groups in total. The van der Waals surface area contributed by atoms with Gasteiger partial charge in [-0.25, -0.2) is 9.48 Å². The van der Waals surface area contributed by atoms with Crippen molar-refractivity contribution < 1.29 is 14.3 Å². The Kier molecular flexibility index (Phi) is 4.14. The van der Waals surface area contributed by atoms with Crippen molar-refractivity contribution in [2.24, 2.45) is 0 Å². The van der Waals surface area contributed by atoms with Crippen LogP contribution in [0.5, 0.6) is 0 Å². The van der Waals surface area contributed by atoms with Crippen molar-refractivity contribution in [1.29, 1.82) is 0 Å². The number of hydrogen-bond donors (Lipinski definition) is 1. The predicted octanol–water partition coefficient (Wildman–Crippen LogP) is 1.16. The van der Waals surface area contributed by atoms with E-state index in [0.29, 0.717) is 5.56 Å². The van der Waals surface area contributed by atoms with Gasteiger partial charge < -0.3 is 10.1 Å². The van der Waals surface area contributed by atoms with Crippen LogP contribution in [0.1, 0.15) is 17.3 Å². The smallest absolute Gasteiger partial charge is 0.328 e. The van der Waals surface area contributed by atoms with Crippen molar-refractivity contribution in [1.82, 2.24) is 15.1 Å². The van der Waals surface area contributed by atoms with E-state index in [1.54, 1.807) is 17.8 Å². The van der Waals surface area contributed by atoms with Crippen LogP contribution in [0, 0.1) is 0 Å². The van der Waals surface area contributed by atoms with Gasteiger partial charge in [0.2, 0.25) is 0 Å². The third kappa shape index (κ3) is 3.03. The number of rotatable bonds is 4. The molecule has 1 aromatic heterocycles. The Labute approximate surface area is 116 Å². The first-order chi connectivity index (χ1) is 9.61. The Hall–Kier alpha value is -2.63. The van der Waals surface area contributed by atoms with E-state index in [-0.39, 0.29) is 5.91 Å². The molecule has 104 valence electrons. The van der Waals surface area contributed by atoms with Crippen molar-refractivity contribution in [3.63, 3.8) is 0 Å². The summed E-state index contributed by atoms with van der Waals surface area (Å²) in [5, 5.41) is 6.66. The van der Waals surface area contributed by atoms with Gasteiger partial charge in [0.05, 0.1) is 24.6 Å². The van der Waals surface area contributed by atoms with Gasteiger partial charge in [-0.3, -0.25) is 4.79 Å². The number of nitrogens with one attached hydrogen (secondary N) is 1. The lowest BCUT2D eigenvalue weighted by molar-refractivity contribution is -0.142. The van der Waals surface area contributed by atoms with Gasteiger partial charge in [0.25, 0.3) is 5.91 Å². The number of carbonyl (C=O) groups is 2. The molecule has 1 heterocycles. The minimum absolute atomic E-state index is 0.370. The summed E-state index contributed by atoms with van der Waals surface area (Å²) in [7, 11) is 1.28. The molecule has 0 spiro atoms. The summed E-state index contributed by atoms with van der Waals surface area (Å²) >= 11 is 0. The van der Waals surface area contributed by atoms with Gasteiger partial charge in [-0.15, -0.1) is 0 Å². The highest BCUT2D eigenvalue weighted by molar-refractivity contribution is 5.96. The lowest BCUT2D eigenvalue weighted by Gasteiger charge is -2.10. The number of aromatic nitrogens is 2. The third-order valence-corrected chi connectivity index (χ3v) is 2.77. The van der Waals surface area contributed by atoms with Crippen molar-refractivity contribution in [3.8, 4) is 5.69 Å². The van der Waals surface area contributed by atoms with E-state index in [0.717, 1.165) is 5.69 Å². The van der Waals surface area contributed by atoms with Crippen molar-refractivity contribution >= 4 is 11.9 Å². The minimum atomic E-state index is -0.701. The van der Waals surface area contributed by atoms with Crippen molar-refractivity contribution in [2.75, 3.05) is 7.11 Å². The molecule has 2 rings (SSSR count). The summed E-state index contributed by atoms with van der Waals surface area (Å²) in [5.41, 5.74) is 1.23. The van der Waals surface area contributed by atoms with Gasteiger partial charge in [-0.05, 0) is 19.1 Å². The Bertz CT molecular complexity index is 607. The van der Waals surface area contributed by atoms with Crippen molar-refractivity contribution in [2.45, 2.75) is 13.0 Å². The predicted molar refractivity (Wildman–Crippen MR) is 72.5 cm³/mol. The van der Waals surface area contributed by atoms with Gasteiger partial charge >= 0.3 is 5.97 Å². The normalized spacial score (nSPS) is 11.7. The molecule has 6 nitrogen and oxygen atoms in total. The zero-order valence-electron chi connectivity index (χ0n) is 11.2. The first kappa shape index (κ1) is 13.8. The van der Waals surface area contributed by atoms with E-state index in [1.807, 2.05) is 30.3 Å². The van der Waals surface area contributed by atoms with E-state index in [2.05, 4.69) is 15.2 Å². The number of esters is 1. The molecule has 0 fully saturated rings. The van der Waals surface area contributed by atoms with E-state index >= 15 is 0 Å². The molecular formula is C14H15N3O3. The van der Waals surface area contributed by atoms with Crippen LogP contribution in [0.25, 0.3) is 5.69 Å². The molecule has 6 heteroatoms. The lowest BCUT2D eigenvalue weighted by atomic mass is 10.3. The number of amides is 1. The number of nitrogens with zero attached hydrogens (tertiary/aromatic N) is 2. The summed E-state index contributed by atoms with van der Waals surface area (Å²) in [6.07, 6.45) is 3.06. The standard InChI is InChI=1S/C14H15N3O3/c1-10(14(19)20-2)16-13(18)11-8-15-17(9-11)12-6-4-3-5-7-12/h3-10H,1-2H3,(H,16,18).